The Morgan fingerprint density at radius 1 is 1.12 bits per heavy atom. The maximum absolute atomic E-state index is 4.22. The van der Waals surface area contributed by atoms with Crippen molar-refractivity contribution in [1.82, 2.24) is 10.2 Å². The predicted octanol–water partition coefficient (Wildman–Crippen LogP) is 3.06. The zero-order chi connectivity index (χ0) is 12.3. The minimum atomic E-state index is 0.832. The molecule has 3 nitrogen and oxygen atoms in total. The molecule has 0 fully saturated rings. The normalized spacial score (nSPS) is 10.3. The Labute approximate surface area is 102 Å². The van der Waals surface area contributed by atoms with Gasteiger partial charge in [0.05, 0.1) is 5.69 Å². The SMILES string of the molecule is CCc1ccc(-c2cc(C)c(NC)nn2)cc1. The highest BCUT2D eigenvalue weighted by Gasteiger charge is 2.04. The molecule has 2 rings (SSSR count). The van der Waals surface area contributed by atoms with Crippen LogP contribution in [0.1, 0.15) is 18.1 Å². The molecule has 0 radical (unpaired) electrons. The van der Waals surface area contributed by atoms with E-state index in [0.717, 1.165) is 29.1 Å². The van der Waals surface area contributed by atoms with Gasteiger partial charge in [0.2, 0.25) is 0 Å². The van der Waals surface area contributed by atoms with Crippen molar-refractivity contribution in [3.8, 4) is 11.3 Å². The van der Waals surface area contributed by atoms with Crippen molar-refractivity contribution in [3.05, 3.63) is 41.5 Å². The Morgan fingerprint density at radius 3 is 2.35 bits per heavy atom. The number of hydrogen-bond donors (Lipinski definition) is 1. The van der Waals surface area contributed by atoms with E-state index in [1.165, 1.54) is 5.56 Å². The summed E-state index contributed by atoms with van der Waals surface area (Å²) in [6.07, 6.45) is 1.06. The smallest absolute Gasteiger partial charge is 0.151 e. The van der Waals surface area contributed by atoms with E-state index in [0.29, 0.717) is 0 Å². The van der Waals surface area contributed by atoms with Crippen molar-refractivity contribution in [2.75, 3.05) is 12.4 Å². The Hall–Kier alpha value is -1.90. The first-order chi connectivity index (χ1) is 8.24. The second-order valence-electron chi connectivity index (χ2n) is 4.06. The Morgan fingerprint density at radius 2 is 1.82 bits per heavy atom. The van der Waals surface area contributed by atoms with E-state index >= 15 is 0 Å². The minimum absolute atomic E-state index is 0.832. The number of hydrogen-bond acceptors (Lipinski definition) is 3. The van der Waals surface area contributed by atoms with Gasteiger partial charge in [-0.2, -0.15) is 0 Å². The molecule has 0 amide bonds. The van der Waals surface area contributed by atoms with E-state index in [4.69, 9.17) is 0 Å². The number of nitrogens with zero attached hydrogens (tertiary/aromatic N) is 2. The standard InChI is InChI=1S/C14H17N3/c1-4-11-5-7-12(8-6-11)13-9-10(2)14(15-3)17-16-13/h5-9H,4H2,1-3H3,(H,15,17). The van der Waals surface area contributed by atoms with Crippen LogP contribution in [0.2, 0.25) is 0 Å². The summed E-state index contributed by atoms with van der Waals surface area (Å²) in [6.45, 7) is 4.19. The number of aromatic nitrogens is 2. The van der Waals surface area contributed by atoms with Crippen molar-refractivity contribution in [1.29, 1.82) is 0 Å². The third kappa shape index (κ3) is 2.44. The first-order valence-electron chi connectivity index (χ1n) is 5.86. The molecule has 0 spiro atoms. The molecule has 1 N–H and O–H groups in total. The van der Waals surface area contributed by atoms with Gasteiger partial charge in [-0.25, -0.2) is 0 Å². The number of nitrogens with one attached hydrogen (secondary N) is 1. The van der Waals surface area contributed by atoms with Gasteiger partial charge in [-0.05, 0) is 30.5 Å². The van der Waals surface area contributed by atoms with Crippen molar-refractivity contribution in [2.24, 2.45) is 0 Å². The first kappa shape index (κ1) is 11.6. The summed E-state index contributed by atoms with van der Waals surface area (Å²) in [5, 5.41) is 11.4. The lowest BCUT2D eigenvalue weighted by atomic mass is 10.1. The van der Waals surface area contributed by atoms with Crippen LogP contribution < -0.4 is 5.32 Å². The molecular weight excluding hydrogens is 210 g/mol. The second kappa shape index (κ2) is 4.95. The molecule has 0 saturated carbocycles. The quantitative estimate of drug-likeness (QED) is 0.875. The van der Waals surface area contributed by atoms with Gasteiger partial charge >= 0.3 is 0 Å². The van der Waals surface area contributed by atoms with Crippen LogP contribution in [-0.2, 0) is 6.42 Å². The Bertz CT molecular complexity index is 503. The average molecular weight is 227 g/mol. The molecule has 0 atom stereocenters. The van der Waals surface area contributed by atoms with Crippen molar-refractivity contribution in [2.45, 2.75) is 20.3 Å². The predicted molar refractivity (Wildman–Crippen MR) is 71.1 cm³/mol. The molecule has 0 aliphatic rings. The van der Waals surface area contributed by atoms with Crippen molar-refractivity contribution >= 4 is 5.82 Å². The van der Waals surface area contributed by atoms with Gasteiger partial charge in [-0.15, -0.1) is 10.2 Å². The fourth-order valence-corrected chi connectivity index (χ4v) is 1.78. The molecule has 17 heavy (non-hydrogen) atoms. The van der Waals surface area contributed by atoms with Crippen LogP contribution in [0.3, 0.4) is 0 Å². The molecule has 3 heteroatoms. The van der Waals surface area contributed by atoms with E-state index in [9.17, 15) is 0 Å². The van der Waals surface area contributed by atoms with Gasteiger partial charge in [0.25, 0.3) is 0 Å². The van der Waals surface area contributed by atoms with E-state index in [2.05, 4.69) is 52.8 Å². The van der Waals surface area contributed by atoms with Crippen molar-refractivity contribution < 1.29 is 0 Å². The number of anilines is 1. The topological polar surface area (TPSA) is 37.8 Å². The average Bonchev–Trinajstić information content (AvgIpc) is 2.39. The zero-order valence-electron chi connectivity index (χ0n) is 10.5. The molecule has 0 aliphatic heterocycles. The fourth-order valence-electron chi connectivity index (χ4n) is 1.78. The van der Waals surface area contributed by atoms with E-state index in [1.54, 1.807) is 0 Å². The maximum Gasteiger partial charge on any atom is 0.151 e. The summed E-state index contributed by atoms with van der Waals surface area (Å²) >= 11 is 0. The molecular formula is C14H17N3. The summed E-state index contributed by atoms with van der Waals surface area (Å²) in [5.41, 5.74) is 4.48. The summed E-state index contributed by atoms with van der Waals surface area (Å²) in [7, 11) is 1.85. The van der Waals surface area contributed by atoms with Gasteiger partial charge in [0.15, 0.2) is 5.82 Å². The van der Waals surface area contributed by atoms with E-state index in [1.807, 2.05) is 14.0 Å². The van der Waals surface area contributed by atoms with Crippen LogP contribution in [0.5, 0.6) is 0 Å². The molecule has 1 heterocycles. The van der Waals surface area contributed by atoms with Crippen LogP contribution in [0.25, 0.3) is 11.3 Å². The lowest BCUT2D eigenvalue weighted by Crippen LogP contribution is -1.99. The number of rotatable bonds is 3. The number of aryl methyl sites for hydroxylation is 2. The fraction of sp³-hybridized carbons (Fsp3) is 0.286. The van der Waals surface area contributed by atoms with Gasteiger partial charge < -0.3 is 5.32 Å². The Balaban J connectivity index is 2.35. The maximum atomic E-state index is 4.22. The first-order valence-corrected chi connectivity index (χ1v) is 5.86. The molecule has 0 unspecified atom stereocenters. The largest absolute Gasteiger partial charge is 0.371 e. The summed E-state index contributed by atoms with van der Waals surface area (Å²) < 4.78 is 0. The molecule has 0 bridgehead atoms. The summed E-state index contributed by atoms with van der Waals surface area (Å²) in [5.74, 6) is 0.832. The van der Waals surface area contributed by atoms with Gasteiger partial charge in [0.1, 0.15) is 0 Å². The van der Waals surface area contributed by atoms with E-state index < -0.39 is 0 Å². The van der Waals surface area contributed by atoms with Crippen LogP contribution in [0.4, 0.5) is 5.82 Å². The molecule has 88 valence electrons. The molecule has 2 aromatic rings. The molecule has 0 aliphatic carbocycles. The summed E-state index contributed by atoms with van der Waals surface area (Å²) in [6, 6.07) is 10.5. The zero-order valence-corrected chi connectivity index (χ0v) is 10.5. The second-order valence-corrected chi connectivity index (χ2v) is 4.06. The van der Waals surface area contributed by atoms with Gasteiger partial charge in [-0.1, -0.05) is 31.2 Å². The Kier molecular flexibility index (Phi) is 3.38. The number of benzene rings is 1. The highest BCUT2D eigenvalue weighted by molar-refractivity contribution is 5.61. The van der Waals surface area contributed by atoms with Crippen LogP contribution in [0, 0.1) is 6.92 Å². The monoisotopic (exact) mass is 227 g/mol. The van der Waals surface area contributed by atoms with Crippen LogP contribution in [-0.4, -0.2) is 17.2 Å². The summed E-state index contributed by atoms with van der Waals surface area (Å²) in [4.78, 5) is 0. The van der Waals surface area contributed by atoms with Crippen molar-refractivity contribution in [3.63, 3.8) is 0 Å². The van der Waals surface area contributed by atoms with Crippen LogP contribution in [0.15, 0.2) is 30.3 Å². The van der Waals surface area contributed by atoms with Gasteiger partial charge in [-0.3, -0.25) is 0 Å². The lowest BCUT2D eigenvalue weighted by Gasteiger charge is -2.06. The van der Waals surface area contributed by atoms with Gasteiger partial charge in [0, 0.05) is 12.6 Å². The minimum Gasteiger partial charge on any atom is -0.371 e. The molecule has 1 aromatic carbocycles. The molecule has 0 saturated heterocycles. The lowest BCUT2D eigenvalue weighted by molar-refractivity contribution is 1.02. The third-order valence-corrected chi connectivity index (χ3v) is 2.88. The third-order valence-electron chi connectivity index (χ3n) is 2.88. The van der Waals surface area contributed by atoms with E-state index in [-0.39, 0.29) is 0 Å². The highest BCUT2D eigenvalue weighted by Crippen LogP contribution is 2.20. The molecule has 1 aromatic heterocycles. The highest BCUT2D eigenvalue weighted by atomic mass is 15.2. The van der Waals surface area contributed by atoms with Crippen LogP contribution >= 0.6 is 0 Å².